The molecule has 0 atom stereocenters. The highest BCUT2D eigenvalue weighted by Crippen LogP contribution is 2.26. The Hall–Kier alpha value is -2.10. The van der Waals surface area contributed by atoms with Gasteiger partial charge in [-0.05, 0) is 18.2 Å². The SMILES string of the molecule is CN(Cc1ccccc1F)c1cccc(F)c1N. The molecule has 0 bridgehead atoms. The van der Waals surface area contributed by atoms with Crippen LogP contribution in [0.4, 0.5) is 20.2 Å². The van der Waals surface area contributed by atoms with E-state index in [1.54, 1.807) is 42.3 Å². The molecular formula is C14H14F2N2. The topological polar surface area (TPSA) is 29.3 Å². The third-order valence-corrected chi connectivity index (χ3v) is 2.81. The Bertz CT molecular complexity index is 555. The zero-order valence-electron chi connectivity index (χ0n) is 10.0. The third kappa shape index (κ3) is 2.42. The second-order valence-corrected chi connectivity index (χ2v) is 4.12. The molecule has 0 heterocycles. The summed E-state index contributed by atoms with van der Waals surface area (Å²) in [7, 11) is 1.75. The third-order valence-electron chi connectivity index (χ3n) is 2.81. The normalized spacial score (nSPS) is 10.4. The first-order valence-electron chi connectivity index (χ1n) is 5.58. The van der Waals surface area contributed by atoms with Gasteiger partial charge in [-0.3, -0.25) is 0 Å². The van der Waals surface area contributed by atoms with Crippen LogP contribution in [0.2, 0.25) is 0 Å². The number of anilines is 2. The Morgan fingerprint density at radius 3 is 2.39 bits per heavy atom. The van der Waals surface area contributed by atoms with E-state index in [0.717, 1.165) is 0 Å². The average molecular weight is 248 g/mol. The number of halogens is 2. The van der Waals surface area contributed by atoms with Crippen molar-refractivity contribution < 1.29 is 8.78 Å². The number of hydrogen-bond acceptors (Lipinski definition) is 2. The summed E-state index contributed by atoms with van der Waals surface area (Å²) in [6.45, 7) is 0.334. The van der Waals surface area contributed by atoms with Crippen molar-refractivity contribution in [3.8, 4) is 0 Å². The van der Waals surface area contributed by atoms with E-state index in [9.17, 15) is 8.78 Å². The molecule has 94 valence electrons. The van der Waals surface area contributed by atoms with Gasteiger partial charge in [-0.15, -0.1) is 0 Å². The number of rotatable bonds is 3. The quantitative estimate of drug-likeness (QED) is 0.845. The predicted octanol–water partition coefficient (Wildman–Crippen LogP) is 3.18. The fraction of sp³-hybridized carbons (Fsp3) is 0.143. The molecule has 2 rings (SSSR count). The summed E-state index contributed by atoms with van der Waals surface area (Å²) < 4.78 is 26.8. The molecule has 2 N–H and O–H groups in total. The molecule has 0 fully saturated rings. The summed E-state index contributed by atoms with van der Waals surface area (Å²) in [5, 5.41) is 0. The van der Waals surface area contributed by atoms with Crippen LogP contribution >= 0.6 is 0 Å². The Morgan fingerprint density at radius 1 is 1.00 bits per heavy atom. The van der Waals surface area contributed by atoms with Gasteiger partial charge in [0.05, 0.1) is 11.4 Å². The van der Waals surface area contributed by atoms with Crippen molar-refractivity contribution in [2.75, 3.05) is 17.7 Å². The molecule has 0 radical (unpaired) electrons. The Morgan fingerprint density at radius 2 is 1.67 bits per heavy atom. The van der Waals surface area contributed by atoms with Crippen molar-refractivity contribution in [1.82, 2.24) is 0 Å². The van der Waals surface area contributed by atoms with Crippen LogP contribution in [0.25, 0.3) is 0 Å². The molecule has 4 heteroatoms. The number of para-hydroxylation sites is 1. The first-order valence-corrected chi connectivity index (χ1v) is 5.58. The molecule has 0 unspecified atom stereocenters. The van der Waals surface area contributed by atoms with E-state index in [-0.39, 0.29) is 11.5 Å². The van der Waals surface area contributed by atoms with Crippen molar-refractivity contribution >= 4 is 11.4 Å². The number of nitrogens with zero attached hydrogens (tertiary/aromatic N) is 1. The number of nitrogen functional groups attached to an aromatic ring is 1. The lowest BCUT2D eigenvalue weighted by molar-refractivity contribution is 0.607. The largest absolute Gasteiger partial charge is 0.395 e. The molecule has 0 spiro atoms. The molecule has 0 saturated heterocycles. The second-order valence-electron chi connectivity index (χ2n) is 4.12. The molecule has 2 aromatic rings. The van der Waals surface area contributed by atoms with Gasteiger partial charge in [0.15, 0.2) is 0 Å². The van der Waals surface area contributed by atoms with E-state index in [0.29, 0.717) is 17.8 Å². The van der Waals surface area contributed by atoms with Gasteiger partial charge in [0, 0.05) is 19.2 Å². The van der Waals surface area contributed by atoms with Crippen molar-refractivity contribution in [2.45, 2.75) is 6.54 Å². The van der Waals surface area contributed by atoms with Crippen LogP contribution in [0, 0.1) is 11.6 Å². The number of hydrogen-bond donors (Lipinski definition) is 1. The lowest BCUT2D eigenvalue weighted by Gasteiger charge is -2.21. The summed E-state index contributed by atoms with van der Waals surface area (Å²) in [5.74, 6) is -0.743. The monoisotopic (exact) mass is 248 g/mol. The fourth-order valence-electron chi connectivity index (χ4n) is 1.83. The minimum Gasteiger partial charge on any atom is -0.395 e. The van der Waals surface area contributed by atoms with E-state index in [1.807, 2.05) is 0 Å². The van der Waals surface area contributed by atoms with Crippen LogP contribution in [-0.2, 0) is 6.54 Å². The Labute approximate surface area is 105 Å². The van der Waals surface area contributed by atoms with Crippen LogP contribution in [0.1, 0.15) is 5.56 Å². The van der Waals surface area contributed by atoms with Gasteiger partial charge in [0.1, 0.15) is 11.6 Å². The highest BCUT2D eigenvalue weighted by Gasteiger charge is 2.10. The van der Waals surface area contributed by atoms with Crippen molar-refractivity contribution in [2.24, 2.45) is 0 Å². The Balaban J connectivity index is 2.25. The maximum Gasteiger partial charge on any atom is 0.148 e. The maximum absolute atomic E-state index is 13.5. The molecule has 0 aliphatic rings. The number of benzene rings is 2. The van der Waals surface area contributed by atoms with E-state index < -0.39 is 5.82 Å². The smallest absolute Gasteiger partial charge is 0.148 e. The lowest BCUT2D eigenvalue weighted by atomic mass is 10.2. The van der Waals surface area contributed by atoms with Gasteiger partial charge < -0.3 is 10.6 Å². The van der Waals surface area contributed by atoms with Crippen LogP contribution < -0.4 is 10.6 Å². The van der Waals surface area contributed by atoms with Gasteiger partial charge in [0.2, 0.25) is 0 Å². The molecule has 2 aromatic carbocycles. The fourth-order valence-corrected chi connectivity index (χ4v) is 1.83. The molecular weight excluding hydrogens is 234 g/mol. The van der Waals surface area contributed by atoms with Gasteiger partial charge >= 0.3 is 0 Å². The lowest BCUT2D eigenvalue weighted by Crippen LogP contribution is -2.19. The molecule has 0 aliphatic heterocycles. The van der Waals surface area contributed by atoms with E-state index in [2.05, 4.69) is 0 Å². The summed E-state index contributed by atoms with van der Waals surface area (Å²) >= 11 is 0. The maximum atomic E-state index is 13.5. The average Bonchev–Trinajstić information content (AvgIpc) is 2.35. The highest BCUT2D eigenvalue weighted by atomic mass is 19.1. The van der Waals surface area contributed by atoms with Crippen LogP contribution in [-0.4, -0.2) is 7.05 Å². The molecule has 0 amide bonds. The highest BCUT2D eigenvalue weighted by molar-refractivity contribution is 5.67. The van der Waals surface area contributed by atoms with Gasteiger partial charge in [-0.1, -0.05) is 24.3 Å². The van der Waals surface area contributed by atoms with E-state index >= 15 is 0 Å². The zero-order valence-corrected chi connectivity index (χ0v) is 10.0. The van der Waals surface area contributed by atoms with Gasteiger partial charge in [-0.2, -0.15) is 0 Å². The van der Waals surface area contributed by atoms with Crippen LogP contribution in [0.15, 0.2) is 42.5 Å². The summed E-state index contributed by atoms with van der Waals surface area (Å²) in [6, 6.07) is 11.1. The van der Waals surface area contributed by atoms with Crippen molar-refractivity contribution in [1.29, 1.82) is 0 Å². The minimum atomic E-state index is -0.465. The summed E-state index contributed by atoms with van der Waals surface area (Å²) in [4.78, 5) is 1.72. The van der Waals surface area contributed by atoms with E-state index in [4.69, 9.17) is 5.73 Å². The van der Waals surface area contributed by atoms with Gasteiger partial charge in [0.25, 0.3) is 0 Å². The molecule has 0 aromatic heterocycles. The van der Waals surface area contributed by atoms with Crippen LogP contribution in [0.5, 0.6) is 0 Å². The zero-order chi connectivity index (χ0) is 13.1. The molecule has 0 aliphatic carbocycles. The second kappa shape index (κ2) is 5.04. The standard InChI is InChI=1S/C14H14F2N2/c1-18(9-10-5-2-3-6-11(10)15)13-8-4-7-12(16)14(13)17/h2-8H,9,17H2,1H3. The number of nitrogens with two attached hydrogens (primary N) is 1. The Kier molecular flexibility index (Phi) is 3.46. The first-order chi connectivity index (χ1) is 8.59. The molecule has 0 saturated carbocycles. The minimum absolute atomic E-state index is 0.0799. The van der Waals surface area contributed by atoms with Gasteiger partial charge in [-0.25, -0.2) is 8.78 Å². The van der Waals surface area contributed by atoms with Crippen molar-refractivity contribution in [3.05, 3.63) is 59.7 Å². The van der Waals surface area contributed by atoms with E-state index in [1.165, 1.54) is 12.1 Å². The predicted molar refractivity (Wildman–Crippen MR) is 69.3 cm³/mol. The summed E-state index contributed by atoms with van der Waals surface area (Å²) in [5.41, 5.74) is 6.84. The molecule has 2 nitrogen and oxygen atoms in total. The molecule has 18 heavy (non-hydrogen) atoms. The first kappa shape index (κ1) is 12.4. The van der Waals surface area contributed by atoms with Crippen LogP contribution in [0.3, 0.4) is 0 Å². The summed E-state index contributed by atoms with van der Waals surface area (Å²) in [6.07, 6.45) is 0. The van der Waals surface area contributed by atoms with Crippen molar-refractivity contribution in [3.63, 3.8) is 0 Å².